The molecule has 0 spiro atoms. The van der Waals surface area contributed by atoms with Crippen molar-refractivity contribution < 1.29 is 4.79 Å². The molecule has 8 heteroatoms. The number of anilines is 1. The van der Waals surface area contributed by atoms with Crippen molar-refractivity contribution in [2.24, 2.45) is 0 Å². The summed E-state index contributed by atoms with van der Waals surface area (Å²) in [5.41, 5.74) is 3.80. The fourth-order valence-electron chi connectivity index (χ4n) is 2.95. The molecule has 0 aliphatic carbocycles. The zero-order chi connectivity index (χ0) is 19.5. The molecule has 28 heavy (non-hydrogen) atoms. The lowest BCUT2D eigenvalue weighted by Crippen LogP contribution is -2.22. The maximum absolute atomic E-state index is 12.6. The standard InChI is InChI=1S/C20H19N7O/c1-14-7-6-8-16(11-14)18-12-21-27(17-9-4-3-5-10-17)20(18)22-19(28)13-26-24-15(2)23-25-26/h3-12H,13H2,1-2H3,(H,22,28). The molecule has 4 rings (SSSR count). The Balaban J connectivity index is 1.72. The molecule has 0 aliphatic rings. The van der Waals surface area contributed by atoms with Gasteiger partial charge in [-0.1, -0.05) is 48.0 Å². The van der Waals surface area contributed by atoms with Crippen LogP contribution >= 0.6 is 0 Å². The van der Waals surface area contributed by atoms with Crippen molar-refractivity contribution in [3.63, 3.8) is 0 Å². The number of aryl methyl sites for hydroxylation is 2. The Morgan fingerprint density at radius 2 is 1.89 bits per heavy atom. The van der Waals surface area contributed by atoms with Crippen molar-refractivity contribution in [2.75, 3.05) is 5.32 Å². The summed E-state index contributed by atoms with van der Waals surface area (Å²) in [6, 6.07) is 17.7. The van der Waals surface area contributed by atoms with Gasteiger partial charge in [-0.25, -0.2) is 4.68 Å². The Morgan fingerprint density at radius 3 is 2.61 bits per heavy atom. The van der Waals surface area contributed by atoms with Gasteiger partial charge >= 0.3 is 0 Å². The fourth-order valence-corrected chi connectivity index (χ4v) is 2.95. The first-order chi connectivity index (χ1) is 13.6. The van der Waals surface area contributed by atoms with Gasteiger partial charge in [0.25, 0.3) is 0 Å². The van der Waals surface area contributed by atoms with E-state index in [1.54, 1.807) is 17.8 Å². The van der Waals surface area contributed by atoms with E-state index < -0.39 is 0 Å². The third-order valence-corrected chi connectivity index (χ3v) is 4.19. The van der Waals surface area contributed by atoms with E-state index in [9.17, 15) is 4.79 Å². The fraction of sp³-hybridized carbons (Fsp3) is 0.150. The van der Waals surface area contributed by atoms with E-state index in [-0.39, 0.29) is 12.5 Å². The van der Waals surface area contributed by atoms with Crippen LogP contribution in [0.1, 0.15) is 11.4 Å². The molecule has 0 radical (unpaired) electrons. The number of nitrogens with zero attached hydrogens (tertiary/aromatic N) is 6. The van der Waals surface area contributed by atoms with Gasteiger partial charge in [-0.3, -0.25) is 4.79 Å². The highest BCUT2D eigenvalue weighted by Gasteiger charge is 2.17. The number of benzene rings is 2. The number of tetrazole rings is 1. The van der Waals surface area contributed by atoms with E-state index in [4.69, 9.17) is 0 Å². The van der Waals surface area contributed by atoms with Gasteiger partial charge in [0.2, 0.25) is 5.91 Å². The van der Waals surface area contributed by atoms with Crippen LogP contribution in [0, 0.1) is 13.8 Å². The molecule has 1 N–H and O–H groups in total. The molecule has 4 aromatic rings. The van der Waals surface area contributed by atoms with Gasteiger partial charge in [-0.15, -0.1) is 10.2 Å². The average Bonchev–Trinajstić information content (AvgIpc) is 3.28. The van der Waals surface area contributed by atoms with Gasteiger partial charge in [0.1, 0.15) is 12.4 Å². The Hall–Kier alpha value is -3.81. The number of para-hydroxylation sites is 1. The SMILES string of the molecule is Cc1cccc(-c2cnn(-c3ccccc3)c2NC(=O)Cn2nnc(C)n2)c1. The van der Waals surface area contributed by atoms with E-state index in [1.807, 2.05) is 55.5 Å². The first kappa shape index (κ1) is 17.6. The highest BCUT2D eigenvalue weighted by molar-refractivity contribution is 5.94. The number of amides is 1. The Labute approximate surface area is 161 Å². The number of hydrogen-bond acceptors (Lipinski definition) is 5. The number of carbonyl (C=O) groups excluding carboxylic acids is 1. The largest absolute Gasteiger partial charge is 0.308 e. The topological polar surface area (TPSA) is 90.5 Å². The van der Waals surface area contributed by atoms with E-state index in [0.717, 1.165) is 22.4 Å². The molecule has 0 saturated heterocycles. The van der Waals surface area contributed by atoms with Crippen LogP contribution in [0.25, 0.3) is 16.8 Å². The summed E-state index contributed by atoms with van der Waals surface area (Å²) in [6.07, 6.45) is 1.76. The molecule has 0 atom stereocenters. The van der Waals surface area contributed by atoms with Crippen LogP contribution < -0.4 is 5.32 Å². The van der Waals surface area contributed by atoms with E-state index in [1.165, 1.54) is 4.80 Å². The van der Waals surface area contributed by atoms with Crippen molar-refractivity contribution in [2.45, 2.75) is 20.4 Å². The Kier molecular flexibility index (Phi) is 4.67. The van der Waals surface area contributed by atoms with Crippen molar-refractivity contribution in [3.05, 3.63) is 72.2 Å². The molecule has 140 valence electrons. The lowest BCUT2D eigenvalue weighted by atomic mass is 10.1. The first-order valence-corrected chi connectivity index (χ1v) is 8.85. The number of nitrogens with one attached hydrogen (secondary N) is 1. The molecular formula is C20H19N7O. The first-order valence-electron chi connectivity index (χ1n) is 8.85. The minimum atomic E-state index is -0.260. The highest BCUT2D eigenvalue weighted by Crippen LogP contribution is 2.30. The number of rotatable bonds is 5. The quantitative estimate of drug-likeness (QED) is 0.581. The predicted molar refractivity (Wildman–Crippen MR) is 105 cm³/mol. The molecule has 2 aromatic carbocycles. The summed E-state index contributed by atoms with van der Waals surface area (Å²) in [7, 11) is 0. The van der Waals surface area contributed by atoms with Crippen LogP contribution in [0.2, 0.25) is 0 Å². The molecule has 0 aliphatic heterocycles. The molecular weight excluding hydrogens is 354 g/mol. The number of aromatic nitrogens is 6. The molecule has 0 saturated carbocycles. The third kappa shape index (κ3) is 3.66. The smallest absolute Gasteiger partial charge is 0.249 e. The van der Waals surface area contributed by atoms with Crippen LogP contribution in [0.4, 0.5) is 5.82 Å². The summed E-state index contributed by atoms with van der Waals surface area (Å²) in [4.78, 5) is 13.9. The zero-order valence-corrected chi connectivity index (χ0v) is 15.6. The minimum absolute atomic E-state index is 0.0337. The lowest BCUT2D eigenvalue weighted by molar-refractivity contribution is -0.117. The highest BCUT2D eigenvalue weighted by atomic mass is 16.2. The van der Waals surface area contributed by atoms with Gasteiger partial charge < -0.3 is 5.32 Å². The summed E-state index contributed by atoms with van der Waals surface area (Å²) in [5, 5.41) is 19.2. The van der Waals surface area contributed by atoms with E-state index in [0.29, 0.717) is 11.6 Å². The maximum atomic E-state index is 12.6. The summed E-state index contributed by atoms with van der Waals surface area (Å²) >= 11 is 0. The lowest BCUT2D eigenvalue weighted by Gasteiger charge is -2.11. The molecule has 8 nitrogen and oxygen atoms in total. The van der Waals surface area contributed by atoms with E-state index in [2.05, 4.69) is 31.9 Å². The monoisotopic (exact) mass is 373 g/mol. The minimum Gasteiger partial charge on any atom is -0.308 e. The van der Waals surface area contributed by atoms with Crippen LogP contribution in [-0.2, 0) is 11.3 Å². The summed E-state index contributed by atoms with van der Waals surface area (Å²) in [6.45, 7) is 3.72. The number of hydrogen-bond donors (Lipinski definition) is 1. The van der Waals surface area contributed by atoms with E-state index >= 15 is 0 Å². The van der Waals surface area contributed by atoms with Gasteiger partial charge in [0, 0.05) is 5.56 Å². The van der Waals surface area contributed by atoms with Gasteiger partial charge in [0.05, 0.1) is 11.9 Å². The normalized spacial score (nSPS) is 10.8. The second-order valence-corrected chi connectivity index (χ2v) is 6.44. The maximum Gasteiger partial charge on any atom is 0.249 e. The van der Waals surface area contributed by atoms with Crippen molar-refractivity contribution in [1.29, 1.82) is 0 Å². The molecule has 2 aromatic heterocycles. The summed E-state index contributed by atoms with van der Waals surface area (Å²) in [5.74, 6) is 0.852. The van der Waals surface area contributed by atoms with Gasteiger partial charge in [-0.05, 0) is 36.8 Å². The van der Waals surface area contributed by atoms with Crippen molar-refractivity contribution in [1.82, 2.24) is 30.0 Å². The molecule has 0 unspecified atom stereocenters. The number of carbonyl (C=O) groups is 1. The third-order valence-electron chi connectivity index (χ3n) is 4.19. The van der Waals surface area contributed by atoms with Crippen LogP contribution in [0.15, 0.2) is 60.8 Å². The summed E-state index contributed by atoms with van der Waals surface area (Å²) < 4.78 is 1.72. The second-order valence-electron chi connectivity index (χ2n) is 6.44. The average molecular weight is 373 g/mol. The van der Waals surface area contributed by atoms with Gasteiger partial charge in [-0.2, -0.15) is 9.90 Å². The molecule has 1 amide bonds. The molecule has 0 fully saturated rings. The molecule has 2 heterocycles. The Bertz CT molecular complexity index is 1110. The van der Waals surface area contributed by atoms with Crippen molar-refractivity contribution >= 4 is 11.7 Å². The second kappa shape index (κ2) is 7.43. The van der Waals surface area contributed by atoms with Crippen LogP contribution in [-0.4, -0.2) is 35.9 Å². The van der Waals surface area contributed by atoms with Crippen LogP contribution in [0.3, 0.4) is 0 Å². The predicted octanol–water partition coefficient (Wildman–Crippen LogP) is 2.78. The molecule has 0 bridgehead atoms. The van der Waals surface area contributed by atoms with Crippen molar-refractivity contribution in [3.8, 4) is 16.8 Å². The Morgan fingerprint density at radius 1 is 1.07 bits per heavy atom. The zero-order valence-electron chi connectivity index (χ0n) is 15.6. The van der Waals surface area contributed by atoms with Crippen LogP contribution in [0.5, 0.6) is 0 Å². The van der Waals surface area contributed by atoms with Gasteiger partial charge in [0.15, 0.2) is 5.82 Å².